The Kier molecular flexibility index (Phi) is 3.18. The predicted molar refractivity (Wildman–Crippen MR) is 76.8 cm³/mol. The second-order valence-corrected chi connectivity index (χ2v) is 6.52. The molecule has 0 saturated heterocycles. The normalized spacial score (nSPS) is 11.7. The smallest absolute Gasteiger partial charge is 0.270 e. The molecule has 0 fully saturated rings. The number of aromatic nitrogens is 1. The number of sulfone groups is 1. The van der Waals surface area contributed by atoms with E-state index in [1.165, 1.54) is 36.5 Å². The number of nitrogens with one attached hydrogen (secondary N) is 1. The number of rotatable bonds is 3. The maximum Gasteiger partial charge on any atom is 0.270 e. The second-order valence-electron chi connectivity index (χ2n) is 4.60. The van der Waals surface area contributed by atoms with Crippen LogP contribution in [0.25, 0.3) is 10.9 Å². The summed E-state index contributed by atoms with van der Waals surface area (Å²) in [6, 6.07) is 8.48. The van der Waals surface area contributed by atoms with Crippen LogP contribution >= 0.6 is 0 Å². The summed E-state index contributed by atoms with van der Waals surface area (Å²) in [5.74, 6) is -0.567. The molecular weight excluding hydrogens is 311 g/mol. The van der Waals surface area contributed by atoms with Gasteiger partial charge < -0.3 is 4.98 Å². The van der Waals surface area contributed by atoms with E-state index in [0.29, 0.717) is 5.52 Å². The molecule has 6 nitrogen and oxygen atoms in total. The molecule has 0 aliphatic rings. The Morgan fingerprint density at radius 3 is 2.64 bits per heavy atom. The molecule has 3 aromatic rings. The lowest BCUT2D eigenvalue weighted by atomic mass is 10.2. The van der Waals surface area contributed by atoms with Gasteiger partial charge in [-0.3, -0.25) is 10.1 Å². The molecule has 1 aromatic heterocycles. The van der Waals surface area contributed by atoms with Gasteiger partial charge in [-0.25, -0.2) is 12.8 Å². The molecule has 22 heavy (non-hydrogen) atoms. The molecule has 0 atom stereocenters. The molecule has 0 aliphatic carbocycles. The molecule has 0 amide bonds. The van der Waals surface area contributed by atoms with Gasteiger partial charge in [-0.15, -0.1) is 0 Å². The number of aromatic amines is 1. The van der Waals surface area contributed by atoms with E-state index in [0.717, 1.165) is 12.1 Å². The van der Waals surface area contributed by atoms with E-state index in [1.54, 1.807) is 0 Å². The van der Waals surface area contributed by atoms with E-state index in [-0.39, 0.29) is 20.9 Å². The van der Waals surface area contributed by atoms with E-state index in [9.17, 15) is 22.9 Å². The summed E-state index contributed by atoms with van der Waals surface area (Å²) in [7, 11) is -4.00. The van der Waals surface area contributed by atoms with Gasteiger partial charge in [-0.1, -0.05) is 6.07 Å². The van der Waals surface area contributed by atoms with E-state index in [2.05, 4.69) is 4.98 Å². The summed E-state index contributed by atoms with van der Waals surface area (Å²) in [4.78, 5) is 12.5. The van der Waals surface area contributed by atoms with Crippen LogP contribution in [0.15, 0.2) is 58.5 Å². The first-order valence-corrected chi connectivity index (χ1v) is 7.64. The zero-order chi connectivity index (χ0) is 15.9. The van der Waals surface area contributed by atoms with E-state index < -0.39 is 20.6 Å². The van der Waals surface area contributed by atoms with Crippen molar-refractivity contribution in [3.05, 3.63) is 64.6 Å². The molecular formula is C14H9FN2O4S. The lowest BCUT2D eigenvalue weighted by molar-refractivity contribution is -0.385. The fraction of sp³-hybridized carbons (Fsp3) is 0. The van der Waals surface area contributed by atoms with Crippen LogP contribution in [0.3, 0.4) is 0 Å². The third-order valence-electron chi connectivity index (χ3n) is 3.23. The van der Waals surface area contributed by atoms with Crippen LogP contribution in [0.1, 0.15) is 0 Å². The van der Waals surface area contributed by atoms with Crippen LogP contribution in [0.4, 0.5) is 10.1 Å². The molecule has 1 heterocycles. The fourth-order valence-electron chi connectivity index (χ4n) is 2.18. The number of nitrogens with zero attached hydrogens (tertiary/aromatic N) is 1. The van der Waals surface area contributed by atoms with Gasteiger partial charge in [0.05, 0.1) is 14.7 Å². The number of benzene rings is 2. The number of nitro benzene ring substituents is 1. The SMILES string of the molecule is O=[N+]([O-])c1cccc(S(=O)(=O)c2c[nH]c3ccc(F)cc23)c1. The number of hydrogen-bond donors (Lipinski definition) is 1. The molecule has 0 saturated carbocycles. The van der Waals surface area contributed by atoms with Crippen LogP contribution in [0.2, 0.25) is 0 Å². The second kappa shape index (κ2) is 4.92. The van der Waals surface area contributed by atoms with Crippen molar-refractivity contribution in [1.29, 1.82) is 0 Å². The van der Waals surface area contributed by atoms with E-state index in [4.69, 9.17) is 0 Å². The first-order chi connectivity index (χ1) is 10.4. The minimum Gasteiger partial charge on any atom is -0.360 e. The minimum atomic E-state index is -4.00. The van der Waals surface area contributed by atoms with Crippen molar-refractivity contribution in [2.75, 3.05) is 0 Å². The zero-order valence-electron chi connectivity index (χ0n) is 11.0. The summed E-state index contributed by atoms with van der Waals surface area (Å²) in [5, 5.41) is 11.0. The molecule has 2 aromatic carbocycles. The molecule has 1 N–H and O–H groups in total. The predicted octanol–water partition coefficient (Wildman–Crippen LogP) is 3.05. The highest BCUT2D eigenvalue weighted by atomic mass is 32.2. The minimum absolute atomic E-state index is 0.123. The Balaban J connectivity index is 2.22. The van der Waals surface area contributed by atoms with Crippen LogP contribution in [-0.4, -0.2) is 18.3 Å². The van der Waals surface area contributed by atoms with Crippen LogP contribution < -0.4 is 0 Å². The molecule has 0 bridgehead atoms. The monoisotopic (exact) mass is 320 g/mol. The third kappa shape index (κ3) is 2.23. The molecule has 0 aliphatic heterocycles. The lowest BCUT2D eigenvalue weighted by Gasteiger charge is -2.03. The summed E-state index contributed by atoms with van der Waals surface area (Å²) in [6.45, 7) is 0. The number of nitro groups is 1. The van der Waals surface area contributed by atoms with Gasteiger partial charge in [0.2, 0.25) is 9.84 Å². The standard InChI is InChI=1S/C14H9FN2O4S/c15-9-4-5-13-12(6-9)14(8-16-13)22(20,21)11-3-1-2-10(7-11)17(18)19/h1-8,16H. The van der Waals surface area contributed by atoms with Crippen LogP contribution in [-0.2, 0) is 9.84 Å². The Morgan fingerprint density at radius 2 is 1.91 bits per heavy atom. The molecule has 3 rings (SSSR count). The van der Waals surface area contributed by atoms with Crippen molar-refractivity contribution in [3.63, 3.8) is 0 Å². The summed E-state index contributed by atoms with van der Waals surface area (Å²) >= 11 is 0. The maximum atomic E-state index is 13.4. The first kappa shape index (κ1) is 14.2. The van der Waals surface area contributed by atoms with Crippen molar-refractivity contribution >= 4 is 26.4 Å². The highest BCUT2D eigenvalue weighted by Crippen LogP contribution is 2.30. The van der Waals surface area contributed by atoms with Crippen molar-refractivity contribution in [3.8, 4) is 0 Å². The summed E-state index contributed by atoms with van der Waals surface area (Å²) in [5.41, 5.74) is 0.137. The quantitative estimate of drug-likeness (QED) is 0.593. The molecule has 0 unspecified atom stereocenters. The Bertz CT molecular complexity index is 995. The molecule has 0 spiro atoms. The van der Waals surface area contributed by atoms with Gasteiger partial charge in [0, 0.05) is 29.2 Å². The fourth-order valence-corrected chi connectivity index (χ4v) is 3.64. The van der Waals surface area contributed by atoms with Crippen molar-refractivity contribution in [2.45, 2.75) is 9.79 Å². The van der Waals surface area contributed by atoms with Crippen molar-refractivity contribution in [2.24, 2.45) is 0 Å². The third-order valence-corrected chi connectivity index (χ3v) is 5.03. The molecule has 0 radical (unpaired) electrons. The van der Waals surface area contributed by atoms with Gasteiger partial charge in [0.25, 0.3) is 5.69 Å². The first-order valence-electron chi connectivity index (χ1n) is 6.16. The van der Waals surface area contributed by atoms with E-state index in [1.807, 2.05) is 0 Å². The van der Waals surface area contributed by atoms with Gasteiger partial charge >= 0.3 is 0 Å². The van der Waals surface area contributed by atoms with Gasteiger partial charge in [-0.05, 0) is 24.3 Å². The highest BCUT2D eigenvalue weighted by molar-refractivity contribution is 7.91. The summed E-state index contributed by atoms with van der Waals surface area (Å²) < 4.78 is 38.6. The van der Waals surface area contributed by atoms with Gasteiger partial charge in [-0.2, -0.15) is 0 Å². The largest absolute Gasteiger partial charge is 0.360 e. The highest BCUT2D eigenvalue weighted by Gasteiger charge is 2.23. The Labute approximate surface area is 124 Å². The molecule has 8 heteroatoms. The zero-order valence-corrected chi connectivity index (χ0v) is 11.8. The Morgan fingerprint density at radius 1 is 1.14 bits per heavy atom. The lowest BCUT2D eigenvalue weighted by Crippen LogP contribution is -2.02. The maximum absolute atomic E-state index is 13.4. The average molecular weight is 320 g/mol. The number of fused-ring (bicyclic) bond motifs is 1. The van der Waals surface area contributed by atoms with Crippen molar-refractivity contribution in [1.82, 2.24) is 4.98 Å². The molecule has 112 valence electrons. The van der Waals surface area contributed by atoms with Crippen molar-refractivity contribution < 1.29 is 17.7 Å². The van der Waals surface area contributed by atoms with Crippen LogP contribution in [0.5, 0.6) is 0 Å². The van der Waals surface area contributed by atoms with Gasteiger partial charge in [0.1, 0.15) is 5.82 Å². The number of halogens is 1. The van der Waals surface area contributed by atoms with Crippen LogP contribution in [0, 0.1) is 15.9 Å². The van der Waals surface area contributed by atoms with Gasteiger partial charge in [0.15, 0.2) is 0 Å². The topological polar surface area (TPSA) is 93.1 Å². The summed E-state index contributed by atoms with van der Waals surface area (Å²) in [6.07, 6.45) is 1.25. The number of non-ortho nitro benzene ring substituents is 1. The number of H-pyrrole nitrogens is 1. The number of hydrogen-bond acceptors (Lipinski definition) is 4. The average Bonchev–Trinajstić information content (AvgIpc) is 2.91. The Hall–Kier alpha value is -2.74. The van der Waals surface area contributed by atoms with E-state index >= 15 is 0 Å².